The van der Waals surface area contributed by atoms with Gasteiger partial charge in [-0.15, -0.1) is 0 Å². The lowest BCUT2D eigenvalue weighted by molar-refractivity contribution is 0.0931. The van der Waals surface area contributed by atoms with E-state index in [2.05, 4.69) is 75.3 Å². The van der Waals surface area contributed by atoms with Crippen molar-refractivity contribution in [3.63, 3.8) is 0 Å². The zero-order valence-corrected chi connectivity index (χ0v) is 63.8. The van der Waals surface area contributed by atoms with Gasteiger partial charge in [-0.05, 0) is 210 Å². The van der Waals surface area contributed by atoms with Crippen LogP contribution in [0.4, 0.5) is 42.8 Å². The molecule has 0 atom stereocenters. The van der Waals surface area contributed by atoms with Crippen molar-refractivity contribution in [1.82, 2.24) is 48.7 Å². The first-order valence-corrected chi connectivity index (χ1v) is 34.7. The molecule has 0 radical (unpaired) electrons. The van der Waals surface area contributed by atoms with E-state index in [1.165, 1.54) is 13.2 Å². The predicted molar refractivity (Wildman–Crippen MR) is 435 cm³/mol. The number of carbonyl (C=O) groups is 8. The minimum atomic E-state index is -0.598. The van der Waals surface area contributed by atoms with Gasteiger partial charge in [0.2, 0.25) is 0 Å². The summed E-state index contributed by atoms with van der Waals surface area (Å²) >= 11 is 33.7. The number of ether oxygens (including phenoxy) is 2. The molecule has 0 unspecified atom stereocenters. The van der Waals surface area contributed by atoms with E-state index in [0.717, 1.165) is 39.2 Å². The van der Waals surface area contributed by atoms with E-state index in [0.29, 0.717) is 86.7 Å². The molecule has 10 aromatic rings. The largest absolute Gasteiger partial charge is 0.497 e. The predicted octanol–water partition coefficient (Wildman–Crippen LogP) is 15.8. The van der Waals surface area contributed by atoms with Crippen molar-refractivity contribution < 1.29 is 47.8 Å². The maximum Gasteiger partial charge on any atom is 0.337 e. The third kappa shape index (κ3) is 30.8. The maximum absolute atomic E-state index is 12.0. The standard InChI is InChI=1S/C16H16ClN3O3.C16H17N3O2S.C16H16N2OS.C15H13Cl2N3O2.C15H14ClN3O2/c1-10-3-6-12(9-14(10)17)18-16(22)20-19-15(21)11-4-7-13(23-2)8-5-11;1-11-5-3-4-6-14(11)17-16(22)19-18-15(20)12-7-9-13(21-2)10-8-12;1-12-7-9-13(10-8-12)15(19)11-17-16(20)18-14-5-3-2-4-6-14;1-9-2-4-10(5-3-9)14(21)19-20-15(22)18-11-6-7-12(16)13(17)8-11;1-10-5-7-11(8-6-10)14(20)18-19-15(21)17-13-4-2-3-12(16)9-13/h3-9H,1-2H3,(H,19,21)(H2,18,20,22);3-10H,1-2H3,(H,18,20)(H2,17,19,22);2-10H,11H2,1H3,(H2,17,18,20);2-8H,1H3,(H,19,21)(H2,18,20,22);2-9H,1H3,(H,18,20)(H2,17,19,21). The molecule has 0 aliphatic heterocycles. The highest BCUT2D eigenvalue weighted by molar-refractivity contribution is 7.80. The van der Waals surface area contributed by atoms with E-state index in [-0.39, 0.29) is 18.2 Å². The summed E-state index contributed by atoms with van der Waals surface area (Å²) in [5, 5.41) is 19.1. The smallest absolute Gasteiger partial charge is 0.337 e. The number of carbonyl (C=O) groups excluding carboxylic acids is 8. The fourth-order valence-electron chi connectivity index (χ4n) is 8.50. The number of benzene rings is 10. The molecule has 0 aliphatic rings. The second-order valence-corrected chi connectivity index (χ2v) is 25.2. The van der Waals surface area contributed by atoms with Crippen LogP contribution in [0.15, 0.2) is 237 Å². The van der Waals surface area contributed by atoms with E-state index >= 15 is 0 Å². The first kappa shape index (κ1) is 84.6. The van der Waals surface area contributed by atoms with Gasteiger partial charge in [-0.2, -0.15) is 0 Å². The second-order valence-electron chi connectivity index (χ2n) is 22.7. The molecule has 10 amide bonds. The van der Waals surface area contributed by atoms with Crippen LogP contribution < -0.4 is 84.8 Å². The third-order valence-corrected chi connectivity index (χ3v) is 16.2. The minimum Gasteiger partial charge on any atom is -0.497 e. The summed E-state index contributed by atoms with van der Waals surface area (Å²) in [5.74, 6) is -0.172. The van der Waals surface area contributed by atoms with E-state index in [4.69, 9.17) is 80.3 Å². The number of para-hydroxylation sites is 2. The molecule has 108 heavy (non-hydrogen) atoms. The Labute approximate surface area is 655 Å². The number of ketones is 1. The molecule has 0 aliphatic carbocycles. The van der Waals surface area contributed by atoms with Crippen molar-refractivity contribution in [3.8, 4) is 11.5 Å². The van der Waals surface area contributed by atoms with Gasteiger partial charge in [0.15, 0.2) is 16.0 Å². The number of nitrogens with one attached hydrogen (secondary N) is 14. The lowest BCUT2D eigenvalue weighted by atomic mass is 10.1. The number of methoxy groups -OCH3 is 2. The van der Waals surface area contributed by atoms with E-state index < -0.39 is 35.8 Å². The Bertz CT molecular complexity index is 4730. The van der Waals surface area contributed by atoms with Gasteiger partial charge in [0.1, 0.15) is 11.5 Å². The van der Waals surface area contributed by atoms with Crippen LogP contribution in [-0.2, 0) is 0 Å². The van der Waals surface area contributed by atoms with Gasteiger partial charge >= 0.3 is 18.1 Å². The van der Waals surface area contributed by atoms with Gasteiger partial charge in [0.05, 0.1) is 30.8 Å². The Kier molecular flexibility index (Phi) is 34.9. The number of Topliss-reactive ketones (excluding diaryl/α,β-unsaturated/α-hetero) is 1. The highest BCUT2D eigenvalue weighted by Crippen LogP contribution is 2.25. The summed E-state index contributed by atoms with van der Waals surface area (Å²) < 4.78 is 10.1. The normalized spacial score (nSPS) is 9.84. The van der Waals surface area contributed by atoms with Gasteiger partial charge < -0.3 is 41.4 Å². The summed E-state index contributed by atoms with van der Waals surface area (Å²) in [6.45, 7) is 9.86. The molecule has 10 rings (SSSR count). The number of aryl methyl sites for hydroxylation is 5. The van der Waals surface area contributed by atoms with Gasteiger partial charge in [0, 0.05) is 66.3 Å². The van der Waals surface area contributed by atoms with Crippen LogP contribution in [0, 0.1) is 34.6 Å². The summed E-state index contributed by atoms with van der Waals surface area (Å²) in [4.78, 5) is 94.5. The van der Waals surface area contributed by atoms with Gasteiger partial charge in [-0.25, -0.2) is 30.7 Å². The highest BCUT2D eigenvalue weighted by atomic mass is 35.5. The molecule has 558 valence electrons. The number of hydrazine groups is 4. The van der Waals surface area contributed by atoms with Crippen molar-refractivity contribution in [2.75, 3.05) is 47.3 Å². The Morgan fingerprint density at radius 1 is 0.324 bits per heavy atom. The Hall–Kier alpha value is -12.3. The quantitative estimate of drug-likeness (QED) is 0.0273. The lowest BCUT2D eigenvalue weighted by Gasteiger charge is -2.13. The molecule has 0 spiro atoms. The number of hydrogen-bond donors (Lipinski definition) is 14. The molecule has 0 heterocycles. The van der Waals surface area contributed by atoms with Gasteiger partial charge in [-0.1, -0.05) is 160 Å². The van der Waals surface area contributed by atoms with Crippen molar-refractivity contribution in [2.45, 2.75) is 34.6 Å². The topological polar surface area (TPSA) is 323 Å². The van der Waals surface area contributed by atoms with Crippen LogP contribution in [0.5, 0.6) is 11.5 Å². The fraction of sp³-hybridized carbons (Fsp3) is 0.103. The molecule has 0 fully saturated rings. The number of halogens is 4. The summed E-state index contributed by atoms with van der Waals surface area (Å²) in [7, 11) is 3.12. The number of rotatable bonds is 14. The Morgan fingerprint density at radius 3 is 1.14 bits per heavy atom. The van der Waals surface area contributed by atoms with Crippen molar-refractivity contribution in [3.05, 3.63) is 312 Å². The first-order chi connectivity index (χ1) is 51.7. The van der Waals surface area contributed by atoms with Crippen LogP contribution in [0.1, 0.15) is 79.6 Å². The number of thiocarbonyl (C=S) groups is 2. The molecule has 14 N–H and O–H groups in total. The molecule has 0 saturated carbocycles. The van der Waals surface area contributed by atoms with Gasteiger partial charge in [-0.3, -0.25) is 51.1 Å². The van der Waals surface area contributed by atoms with Gasteiger partial charge in [0.25, 0.3) is 23.6 Å². The van der Waals surface area contributed by atoms with Crippen LogP contribution in [0.3, 0.4) is 0 Å². The van der Waals surface area contributed by atoms with Crippen LogP contribution in [0.25, 0.3) is 0 Å². The molecule has 24 nitrogen and oxygen atoms in total. The van der Waals surface area contributed by atoms with E-state index in [9.17, 15) is 38.4 Å². The zero-order valence-electron chi connectivity index (χ0n) is 59.1. The van der Waals surface area contributed by atoms with Crippen molar-refractivity contribution >= 4 is 157 Å². The number of urea groups is 3. The monoisotopic (exact) mass is 1570 g/mol. The molecule has 30 heteroatoms. The molecule has 0 saturated heterocycles. The third-order valence-electron chi connectivity index (χ3n) is 14.4. The van der Waals surface area contributed by atoms with Crippen molar-refractivity contribution in [1.29, 1.82) is 0 Å². The first-order valence-electron chi connectivity index (χ1n) is 32.4. The SMILES string of the molecule is COc1ccc(C(=O)NNC(=O)Nc2ccc(C)c(Cl)c2)cc1.COc1ccc(C(=O)NNC(=S)Nc2ccccc2C)cc1.Cc1ccc(C(=O)CNC(=S)Nc2ccccc2)cc1.Cc1ccc(C(=O)NNC(=O)Nc2ccc(Cl)c(Cl)c2)cc1.Cc1ccc(C(=O)NNC(=O)Nc2cccc(Cl)c2)cc1. The molecule has 0 aromatic heterocycles. The number of amides is 10. The zero-order chi connectivity index (χ0) is 78.5. The van der Waals surface area contributed by atoms with Crippen molar-refractivity contribution in [2.24, 2.45) is 0 Å². The second kappa shape index (κ2) is 44.5. The Balaban J connectivity index is 0.000000211. The average molecular weight is 1580 g/mol. The molecule has 10 aromatic carbocycles. The Morgan fingerprint density at radius 2 is 0.713 bits per heavy atom. The molecule has 0 bridgehead atoms. The fourth-order valence-corrected chi connectivity index (χ4v) is 9.52. The van der Waals surface area contributed by atoms with E-state index in [1.807, 2.05) is 138 Å². The maximum atomic E-state index is 12.0. The summed E-state index contributed by atoms with van der Waals surface area (Å²) in [5.41, 5.74) is 29.9. The van der Waals surface area contributed by atoms with Crippen LogP contribution in [0.2, 0.25) is 20.1 Å². The summed E-state index contributed by atoms with van der Waals surface area (Å²) in [6, 6.07) is 66.8. The number of hydrogen-bond acceptors (Lipinski definition) is 12. The molecular weight excluding hydrogens is 1500 g/mol. The lowest BCUT2D eigenvalue weighted by Crippen LogP contribution is -2.43. The molecular formula is C78H76Cl4N14O10S2. The van der Waals surface area contributed by atoms with Crippen LogP contribution >= 0.6 is 70.8 Å². The minimum absolute atomic E-state index is 0.0159. The highest BCUT2D eigenvalue weighted by Gasteiger charge is 2.14. The van der Waals surface area contributed by atoms with E-state index in [1.54, 1.807) is 135 Å². The average Bonchev–Trinajstić information content (AvgIpc) is 0.891. The summed E-state index contributed by atoms with van der Waals surface area (Å²) in [6.07, 6.45) is 0. The van der Waals surface area contributed by atoms with Crippen LogP contribution in [-0.4, -0.2) is 78.5 Å². The number of anilines is 5.